The maximum atomic E-state index is 12.0. The molecule has 2 heterocycles. The van der Waals surface area contributed by atoms with E-state index in [1.807, 2.05) is 17.5 Å². The third-order valence-corrected chi connectivity index (χ3v) is 5.53. The fraction of sp³-hybridized carbons (Fsp3) is 0.133. The molecule has 1 aromatic carbocycles. The predicted octanol–water partition coefficient (Wildman–Crippen LogP) is 4.49. The minimum absolute atomic E-state index is 0.180. The van der Waals surface area contributed by atoms with Crippen molar-refractivity contribution in [1.82, 2.24) is 15.2 Å². The minimum Gasteiger partial charge on any atom is -0.324 e. The summed E-state index contributed by atoms with van der Waals surface area (Å²) in [7, 11) is 0. The van der Waals surface area contributed by atoms with E-state index in [2.05, 4.69) is 20.5 Å². The second-order valence-electron chi connectivity index (χ2n) is 4.76. The van der Waals surface area contributed by atoms with Crippen LogP contribution in [-0.2, 0) is 11.2 Å². The van der Waals surface area contributed by atoms with Gasteiger partial charge < -0.3 is 5.32 Å². The third-order valence-electron chi connectivity index (χ3n) is 2.99. The molecule has 0 spiro atoms. The number of thiophene rings is 1. The molecule has 0 atom stereocenters. The van der Waals surface area contributed by atoms with E-state index in [1.165, 1.54) is 16.6 Å². The number of hydrogen-bond donors (Lipinski definition) is 2. The van der Waals surface area contributed by atoms with Crippen molar-refractivity contribution in [2.24, 2.45) is 0 Å². The van der Waals surface area contributed by atoms with Crippen LogP contribution in [0.4, 0.5) is 5.69 Å². The summed E-state index contributed by atoms with van der Waals surface area (Å²) in [4.78, 5) is 17.6. The van der Waals surface area contributed by atoms with Crippen LogP contribution in [0, 0.1) is 0 Å². The number of nitrogens with zero attached hydrogens (tertiary/aromatic N) is 2. The zero-order valence-corrected chi connectivity index (χ0v) is 15.4. The van der Waals surface area contributed by atoms with E-state index in [0.717, 1.165) is 5.82 Å². The number of aromatic amines is 1. The van der Waals surface area contributed by atoms with Gasteiger partial charge in [-0.3, -0.25) is 9.89 Å². The molecular formula is C15H12Cl2N4OS2. The van der Waals surface area contributed by atoms with E-state index in [4.69, 9.17) is 23.2 Å². The SMILES string of the molecule is O=C(CSc1n[nH]c(Cc2cccs2)n1)Nc1cccc(Cl)c1Cl. The maximum absolute atomic E-state index is 12.0. The first-order chi connectivity index (χ1) is 11.6. The zero-order valence-electron chi connectivity index (χ0n) is 12.3. The van der Waals surface area contributed by atoms with Crippen molar-refractivity contribution in [2.45, 2.75) is 11.6 Å². The first-order valence-corrected chi connectivity index (χ1v) is 9.54. The number of anilines is 1. The molecule has 1 amide bonds. The summed E-state index contributed by atoms with van der Waals surface area (Å²) >= 11 is 14.9. The van der Waals surface area contributed by atoms with Gasteiger partial charge in [0.25, 0.3) is 0 Å². The summed E-state index contributed by atoms with van der Waals surface area (Å²) in [5.74, 6) is 0.756. The van der Waals surface area contributed by atoms with Gasteiger partial charge in [-0.15, -0.1) is 16.4 Å². The molecule has 2 aromatic heterocycles. The second-order valence-corrected chi connectivity index (χ2v) is 7.52. The van der Waals surface area contributed by atoms with Gasteiger partial charge in [-0.05, 0) is 23.6 Å². The first-order valence-electron chi connectivity index (χ1n) is 6.92. The smallest absolute Gasteiger partial charge is 0.234 e. The molecule has 3 aromatic rings. The molecule has 2 N–H and O–H groups in total. The van der Waals surface area contributed by atoms with E-state index in [-0.39, 0.29) is 11.7 Å². The van der Waals surface area contributed by atoms with Crippen LogP contribution in [0.5, 0.6) is 0 Å². The number of H-pyrrole nitrogens is 1. The molecule has 124 valence electrons. The molecule has 24 heavy (non-hydrogen) atoms. The lowest BCUT2D eigenvalue weighted by Crippen LogP contribution is -2.14. The molecule has 5 nitrogen and oxygen atoms in total. The highest BCUT2D eigenvalue weighted by molar-refractivity contribution is 7.99. The molecule has 0 saturated carbocycles. The number of carbonyl (C=O) groups is 1. The van der Waals surface area contributed by atoms with Crippen molar-refractivity contribution in [3.63, 3.8) is 0 Å². The van der Waals surface area contributed by atoms with Crippen LogP contribution in [0.1, 0.15) is 10.7 Å². The molecule has 0 saturated heterocycles. The highest BCUT2D eigenvalue weighted by atomic mass is 35.5. The van der Waals surface area contributed by atoms with Crippen molar-refractivity contribution < 1.29 is 4.79 Å². The van der Waals surface area contributed by atoms with E-state index < -0.39 is 0 Å². The van der Waals surface area contributed by atoms with Crippen molar-refractivity contribution >= 4 is 57.9 Å². The number of halogens is 2. The highest BCUT2D eigenvalue weighted by Gasteiger charge is 2.11. The van der Waals surface area contributed by atoms with Gasteiger partial charge in [0.05, 0.1) is 21.5 Å². The Morgan fingerprint density at radius 3 is 2.96 bits per heavy atom. The van der Waals surface area contributed by atoms with Gasteiger partial charge >= 0.3 is 0 Å². The van der Waals surface area contributed by atoms with Gasteiger partial charge in [-0.25, -0.2) is 4.98 Å². The zero-order chi connectivity index (χ0) is 16.9. The summed E-state index contributed by atoms with van der Waals surface area (Å²) in [5.41, 5.74) is 0.489. The number of thioether (sulfide) groups is 1. The van der Waals surface area contributed by atoms with E-state index in [9.17, 15) is 4.79 Å². The lowest BCUT2D eigenvalue weighted by atomic mass is 10.3. The molecule has 9 heteroatoms. The Kier molecular flexibility index (Phi) is 5.78. The molecule has 0 fully saturated rings. The van der Waals surface area contributed by atoms with Crippen molar-refractivity contribution in [2.75, 3.05) is 11.1 Å². The Morgan fingerprint density at radius 1 is 1.29 bits per heavy atom. The Bertz CT molecular complexity index is 836. The van der Waals surface area contributed by atoms with Crippen molar-refractivity contribution in [3.8, 4) is 0 Å². The Morgan fingerprint density at radius 2 is 2.17 bits per heavy atom. The lowest BCUT2D eigenvalue weighted by molar-refractivity contribution is -0.113. The van der Waals surface area contributed by atoms with Gasteiger partial charge in [-0.2, -0.15) is 0 Å². The van der Waals surface area contributed by atoms with Crippen molar-refractivity contribution in [1.29, 1.82) is 0 Å². The summed E-state index contributed by atoms with van der Waals surface area (Å²) in [6.45, 7) is 0. The van der Waals surface area contributed by atoms with Crippen LogP contribution in [0.3, 0.4) is 0 Å². The second kappa shape index (κ2) is 8.02. The standard InChI is InChI=1S/C15H12Cl2N4OS2/c16-10-4-1-5-11(14(10)17)18-13(22)8-24-15-19-12(20-21-15)7-9-3-2-6-23-9/h1-6H,7-8H2,(H,18,22)(H,19,20,21). The predicted molar refractivity (Wildman–Crippen MR) is 99.3 cm³/mol. The van der Waals surface area contributed by atoms with Crippen LogP contribution < -0.4 is 5.32 Å². The lowest BCUT2D eigenvalue weighted by Gasteiger charge is -2.07. The highest BCUT2D eigenvalue weighted by Crippen LogP contribution is 2.29. The van der Waals surface area contributed by atoms with Crippen LogP contribution >= 0.6 is 46.3 Å². The maximum Gasteiger partial charge on any atom is 0.234 e. The van der Waals surface area contributed by atoms with Gasteiger partial charge in [0.15, 0.2) is 0 Å². The number of hydrogen-bond acceptors (Lipinski definition) is 5. The third kappa shape index (κ3) is 4.51. The summed E-state index contributed by atoms with van der Waals surface area (Å²) in [5, 5.41) is 13.0. The Hall–Kier alpha value is -1.54. The normalized spacial score (nSPS) is 10.8. The molecule has 0 aliphatic heterocycles. The average Bonchev–Trinajstić information content (AvgIpc) is 3.22. The number of carbonyl (C=O) groups excluding carboxylic acids is 1. The van der Waals surface area contributed by atoms with E-state index in [0.29, 0.717) is 27.3 Å². The van der Waals surface area contributed by atoms with E-state index >= 15 is 0 Å². The van der Waals surface area contributed by atoms with E-state index in [1.54, 1.807) is 29.5 Å². The van der Waals surface area contributed by atoms with Crippen LogP contribution in [-0.4, -0.2) is 26.8 Å². The van der Waals surface area contributed by atoms with Gasteiger partial charge in [-0.1, -0.05) is 47.1 Å². The number of rotatable bonds is 6. The molecular weight excluding hydrogens is 387 g/mol. The van der Waals surface area contributed by atoms with Crippen molar-refractivity contribution in [3.05, 3.63) is 56.5 Å². The number of amides is 1. The Labute approximate surface area is 156 Å². The molecule has 0 bridgehead atoms. The molecule has 3 rings (SSSR count). The van der Waals surface area contributed by atoms with Gasteiger partial charge in [0, 0.05) is 11.3 Å². The molecule has 0 aliphatic rings. The number of aromatic nitrogens is 3. The van der Waals surface area contributed by atoms with Crippen LogP contribution in [0.2, 0.25) is 10.0 Å². The topological polar surface area (TPSA) is 70.7 Å². The summed E-state index contributed by atoms with van der Waals surface area (Å²) in [6.07, 6.45) is 0.704. The van der Waals surface area contributed by atoms with Gasteiger partial charge in [0.1, 0.15) is 5.82 Å². The quantitative estimate of drug-likeness (QED) is 0.599. The monoisotopic (exact) mass is 398 g/mol. The summed E-state index contributed by atoms with van der Waals surface area (Å²) in [6, 6.07) is 9.13. The molecule has 0 aliphatic carbocycles. The largest absolute Gasteiger partial charge is 0.324 e. The molecule has 0 radical (unpaired) electrons. The van der Waals surface area contributed by atoms with Crippen LogP contribution in [0.25, 0.3) is 0 Å². The van der Waals surface area contributed by atoms with Gasteiger partial charge in [0.2, 0.25) is 11.1 Å². The average molecular weight is 399 g/mol. The fourth-order valence-corrected chi connectivity index (χ4v) is 3.59. The summed E-state index contributed by atoms with van der Waals surface area (Å²) < 4.78 is 0. The van der Waals surface area contributed by atoms with Crippen LogP contribution in [0.15, 0.2) is 40.9 Å². The minimum atomic E-state index is -0.200. The number of nitrogens with one attached hydrogen (secondary N) is 2. The Balaban J connectivity index is 1.53. The fourth-order valence-electron chi connectivity index (χ4n) is 1.92. The first kappa shape index (κ1) is 17.3. The number of benzene rings is 1. The molecule has 0 unspecified atom stereocenters.